The number of hydrogen-bond donors (Lipinski definition) is 8. The van der Waals surface area contributed by atoms with E-state index in [1.54, 1.807) is 82.0 Å². The molecule has 3 atom stereocenters. The van der Waals surface area contributed by atoms with Gasteiger partial charge in [-0.2, -0.15) is 52.7 Å². The minimum Gasteiger partial charge on any atom is -0.494 e. The van der Waals surface area contributed by atoms with Crippen molar-refractivity contribution in [3.05, 3.63) is 297 Å². The van der Waals surface area contributed by atoms with Gasteiger partial charge in [-0.05, 0) is 159 Å². The Balaban J connectivity index is 0.000000139. The summed E-state index contributed by atoms with van der Waals surface area (Å²) >= 11 is 1.59. The van der Waals surface area contributed by atoms with Crippen LogP contribution in [-0.4, -0.2) is 102 Å². The van der Waals surface area contributed by atoms with E-state index < -0.39 is 89.2 Å². The monoisotopic (exact) mass is 2020 g/mol. The van der Waals surface area contributed by atoms with Gasteiger partial charge in [0.2, 0.25) is 23.6 Å². The summed E-state index contributed by atoms with van der Waals surface area (Å²) in [4.78, 5) is 92.8. The number of aromatic nitrogens is 10. The molecule has 145 heavy (non-hydrogen) atoms. The second-order valence-electron chi connectivity index (χ2n) is 32.3. The fourth-order valence-corrected chi connectivity index (χ4v) is 16.4. The molecule has 19 aromatic rings. The molecule has 12 N–H and O–H groups in total. The second-order valence-corrected chi connectivity index (χ2v) is 33.2. The smallest absolute Gasteiger partial charge is 0.433 e. The van der Waals surface area contributed by atoms with Crippen molar-refractivity contribution in [2.45, 2.75) is 103 Å². The number of benzene rings is 7. The van der Waals surface area contributed by atoms with Crippen molar-refractivity contribution in [3.63, 3.8) is 0 Å². The van der Waals surface area contributed by atoms with E-state index in [-0.39, 0.29) is 147 Å². The molecule has 0 radical (unpaired) electrons. The minimum absolute atomic E-state index is 0.00680. The van der Waals surface area contributed by atoms with E-state index in [4.69, 9.17) is 68.4 Å². The first-order valence-electron chi connectivity index (χ1n) is 43.7. The number of ether oxygens (including phenoxy) is 4. The Morgan fingerprint density at radius 1 is 0.366 bits per heavy atom. The van der Waals surface area contributed by atoms with E-state index >= 15 is 0 Å². The molecule has 0 saturated carbocycles. The normalized spacial score (nSPS) is 12.4. The van der Waals surface area contributed by atoms with Gasteiger partial charge in [0.1, 0.15) is 79.0 Å². The molecule has 32 nitrogen and oxygen atoms in total. The molecule has 19 rings (SSSR count). The number of carbonyl (C=O) groups excluding carboxylic acids is 4. The molecular weight excluding hydrogens is 1940 g/mol. The minimum atomic E-state index is -4.63. The van der Waals surface area contributed by atoms with Crippen molar-refractivity contribution < 1.29 is 117 Å². The van der Waals surface area contributed by atoms with Crippen LogP contribution in [0.4, 0.5) is 52.7 Å². The number of oxazole rings is 4. The first-order valence-corrected chi connectivity index (χ1v) is 44.6. The number of hydrogen-bond acceptors (Lipinski definition) is 29. The van der Waals surface area contributed by atoms with Gasteiger partial charge in [0.05, 0.1) is 83.6 Å². The molecule has 4 amide bonds. The van der Waals surface area contributed by atoms with Gasteiger partial charge in [0, 0.05) is 102 Å². The quantitative estimate of drug-likeness (QED) is 0.0260. The Hall–Kier alpha value is -16.8. The van der Waals surface area contributed by atoms with Crippen molar-refractivity contribution in [3.8, 4) is 68.8 Å². The van der Waals surface area contributed by atoms with Crippen LogP contribution in [0.2, 0.25) is 0 Å². The second kappa shape index (κ2) is 41.8. The first-order chi connectivity index (χ1) is 69.2. The lowest BCUT2D eigenvalue weighted by molar-refractivity contribution is -0.141. The standard InChI is InChI=1S/C26H21F3N4O4.C26H21F3N4O3S.C25H19F3N4O4.C23H21F3N6O3/c1-13(30)23-22(24(34)31-11-14-12-36-18-6-4-3-5-15(14)18)33-25(37-23)17-7-9-19(35-2)21-16(17)8-10-20(32-21)26(27,28)29;1-13(30)23-22(24(34)31-11-14-12-37-19-6-4-3-5-15(14)19)33-25(36-23)17-7-9-18(35-2)21-16(17)8-10-20(32-21)26(27,28)29;1-34-18-8-6-16(15-7-9-20(25(26,27)28)31-21(15)18)24-32-22(19(10-29)36-24)23(33)30-11-13-12-35-17-5-3-2-4-14(13)17;1-11(27)20-19(21(33)30-10-15-12(2)28-8-9-29-15)32-22(35-20)14-4-6-16(34-3)18-13(14)5-7-17(31-18)23(24,25)26/h2*3-10,12-13H,11,30H2,1-2H3,(H,31,34);2-9,12H,10-11,29H2,1H3,(H,30,33);4-9,11H,10,27H2,1-3H3,(H,30,33)/t2*13-;;11-/m00.0/s1. The number of alkyl halides is 12. The maximum Gasteiger partial charge on any atom is 0.433 e. The van der Waals surface area contributed by atoms with E-state index in [0.717, 1.165) is 61.8 Å². The average Bonchev–Trinajstić information content (AvgIpc) is 1.65. The van der Waals surface area contributed by atoms with Crippen molar-refractivity contribution in [1.82, 2.24) is 71.1 Å². The molecule has 0 unspecified atom stereocenters. The van der Waals surface area contributed by atoms with Crippen LogP contribution in [-0.2, 0) is 57.4 Å². The Kier molecular flexibility index (Phi) is 29.2. The summed E-state index contributed by atoms with van der Waals surface area (Å²) in [6.45, 7) is 7.29. The Bertz CT molecular complexity index is 7860. The molecule has 0 aliphatic heterocycles. The van der Waals surface area contributed by atoms with Gasteiger partial charge in [-0.1, -0.05) is 54.6 Å². The maximum absolute atomic E-state index is 13.3. The highest BCUT2D eigenvalue weighted by Gasteiger charge is 2.39. The number of furan rings is 2. The molecule has 0 saturated heterocycles. The third-order valence-corrected chi connectivity index (χ3v) is 23.6. The van der Waals surface area contributed by atoms with Gasteiger partial charge in [-0.15, -0.1) is 11.3 Å². The highest BCUT2D eigenvalue weighted by Crippen LogP contribution is 2.45. The summed E-state index contributed by atoms with van der Waals surface area (Å²) in [5, 5.41) is 17.2. The van der Waals surface area contributed by atoms with Crippen LogP contribution < -0.4 is 63.1 Å². The number of rotatable bonds is 24. The van der Waals surface area contributed by atoms with Crippen LogP contribution in [0.5, 0.6) is 23.0 Å². The van der Waals surface area contributed by atoms with Crippen LogP contribution in [0.3, 0.4) is 0 Å². The number of carbonyl (C=O) groups is 4. The Morgan fingerprint density at radius 3 is 1.01 bits per heavy atom. The number of fused-ring (bicyclic) bond motifs is 7. The molecule has 45 heteroatoms. The zero-order valence-corrected chi connectivity index (χ0v) is 78.1. The summed E-state index contributed by atoms with van der Waals surface area (Å²) in [5.41, 5.74) is 26.0. The number of para-hydroxylation sites is 2. The zero-order chi connectivity index (χ0) is 103. The zero-order valence-electron chi connectivity index (χ0n) is 77.3. The van der Waals surface area contributed by atoms with E-state index in [1.165, 1.54) is 83.2 Å². The Labute approximate surface area is 815 Å². The van der Waals surface area contributed by atoms with E-state index in [2.05, 4.69) is 71.1 Å². The number of nitrogens with one attached hydrogen (secondary N) is 4. The fourth-order valence-electron chi connectivity index (χ4n) is 15.5. The lowest BCUT2D eigenvalue weighted by Gasteiger charge is -2.11. The van der Waals surface area contributed by atoms with Crippen molar-refractivity contribution >= 4 is 111 Å². The topological polar surface area (TPSA) is 465 Å². The summed E-state index contributed by atoms with van der Waals surface area (Å²) in [5.74, 6) is -0.861. The lowest BCUT2D eigenvalue weighted by atomic mass is 10.1. The third kappa shape index (κ3) is 21.6. The predicted molar refractivity (Wildman–Crippen MR) is 507 cm³/mol. The summed E-state index contributed by atoms with van der Waals surface area (Å²) < 4.78 is 215. The van der Waals surface area contributed by atoms with E-state index in [1.807, 2.05) is 78.2 Å². The highest BCUT2D eigenvalue weighted by atomic mass is 32.1. The average molecular weight is 2020 g/mol. The lowest BCUT2D eigenvalue weighted by Crippen LogP contribution is -2.26. The number of halogens is 12. The van der Waals surface area contributed by atoms with Crippen LogP contribution in [0.25, 0.3) is 121 Å². The third-order valence-electron chi connectivity index (χ3n) is 22.6. The maximum atomic E-state index is 13.3. The largest absolute Gasteiger partial charge is 0.494 e. The van der Waals surface area contributed by atoms with Gasteiger partial charge in [0.15, 0.2) is 45.8 Å². The number of thiophene rings is 1. The molecule has 0 aliphatic rings. The molecule has 746 valence electrons. The van der Waals surface area contributed by atoms with Crippen LogP contribution in [0.15, 0.2) is 227 Å². The molecule has 7 aromatic carbocycles. The van der Waals surface area contributed by atoms with Crippen LogP contribution in [0, 0.1) is 6.92 Å². The van der Waals surface area contributed by atoms with Gasteiger partial charge in [-0.25, -0.2) is 39.9 Å². The van der Waals surface area contributed by atoms with Crippen molar-refractivity contribution in [2.24, 2.45) is 22.9 Å². The molecule has 12 heterocycles. The van der Waals surface area contributed by atoms with E-state index in [9.17, 15) is 71.9 Å². The summed E-state index contributed by atoms with van der Waals surface area (Å²) in [6, 6.07) is 41.4. The van der Waals surface area contributed by atoms with Crippen LogP contribution >= 0.6 is 11.3 Å². The predicted octanol–water partition coefficient (Wildman–Crippen LogP) is 20.7. The molecule has 12 aromatic heterocycles. The number of methoxy groups -OCH3 is 4. The SMILES string of the molecule is COc1ccc(-c2nc(C(=O)NCc3coc4ccccc34)c(CN)o2)c2ccc(C(F)(F)F)nc12.COc1ccc(-c2nc(C(=O)NCc3coc4ccccc34)c([C@H](C)N)o2)c2ccc(C(F)(F)F)nc12.COc1ccc(-c2nc(C(=O)NCc3csc4ccccc34)c([C@H](C)N)o2)c2ccc(C(F)(F)F)nc12.COc1ccc(-c2nc(C(=O)NCc3nccnc3C)c([C@H](C)N)o2)c2ccc(C(F)(F)F)nc12. The van der Waals surface area contributed by atoms with E-state index in [0.29, 0.717) is 66.4 Å². The van der Waals surface area contributed by atoms with Gasteiger partial charge < -0.3 is 89.7 Å². The fraction of sp³-hybridized carbons (Fsp3) is 0.200. The molecular formula is C100H82F12N18O14S. The summed E-state index contributed by atoms with van der Waals surface area (Å²) in [7, 11) is 5.34. The van der Waals surface area contributed by atoms with Crippen LogP contribution in [0.1, 0.15) is 155 Å². The molecule has 0 aliphatic carbocycles. The Morgan fingerprint density at radius 2 is 0.676 bits per heavy atom. The number of nitrogens with zero attached hydrogens (tertiary/aromatic N) is 10. The molecule has 0 bridgehead atoms. The van der Waals surface area contributed by atoms with Crippen molar-refractivity contribution in [1.29, 1.82) is 0 Å². The highest BCUT2D eigenvalue weighted by molar-refractivity contribution is 7.17. The number of nitrogens with two attached hydrogens (primary N) is 4. The molecule has 0 spiro atoms. The van der Waals surface area contributed by atoms with Gasteiger partial charge >= 0.3 is 24.7 Å². The number of aryl methyl sites for hydroxylation is 1. The number of pyridine rings is 4. The van der Waals surface area contributed by atoms with Gasteiger partial charge in [-0.3, -0.25) is 29.1 Å². The summed E-state index contributed by atoms with van der Waals surface area (Å²) in [6.07, 6.45) is -12.3. The number of amides is 4. The first kappa shape index (κ1) is 101. The van der Waals surface area contributed by atoms with Gasteiger partial charge in [0.25, 0.3) is 23.6 Å². The van der Waals surface area contributed by atoms with Crippen molar-refractivity contribution in [2.75, 3.05) is 28.4 Å². The molecule has 0 fully saturated rings.